The summed E-state index contributed by atoms with van der Waals surface area (Å²) in [7, 11) is 0. The van der Waals surface area contributed by atoms with Crippen molar-refractivity contribution >= 4 is 16.7 Å². The number of nitrogens with one attached hydrogen (secondary N) is 1. The van der Waals surface area contributed by atoms with Crippen LogP contribution in [0.4, 0.5) is 13.2 Å². The zero-order chi connectivity index (χ0) is 24.9. The second-order valence-electron chi connectivity index (χ2n) is 9.80. The molecule has 0 heterocycles. The van der Waals surface area contributed by atoms with E-state index in [0.29, 0.717) is 5.39 Å². The highest BCUT2D eigenvalue weighted by atomic mass is 19.4. The Morgan fingerprint density at radius 3 is 2.35 bits per heavy atom. The molecule has 0 aliphatic heterocycles. The molecule has 0 bridgehead atoms. The Morgan fingerprint density at radius 1 is 1.09 bits per heavy atom. The van der Waals surface area contributed by atoms with Gasteiger partial charge in [0.2, 0.25) is 0 Å². The first-order valence-electron chi connectivity index (χ1n) is 11.8. The van der Waals surface area contributed by atoms with Gasteiger partial charge in [0, 0.05) is 6.54 Å². The lowest BCUT2D eigenvalue weighted by Gasteiger charge is -2.25. The quantitative estimate of drug-likeness (QED) is 0.343. The second kappa shape index (κ2) is 10.8. The summed E-state index contributed by atoms with van der Waals surface area (Å²) in [5.74, 6) is 0.198. The molecule has 7 heteroatoms. The fourth-order valence-electron chi connectivity index (χ4n) is 4.19. The molecule has 1 unspecified atom stereocenters. The highest BCUT2D eigenvalue weighted by Gasteiger charge is 2.40. The van der Waals surface area contributed by atoms with Gasteiger partial charge >= 0.3 is 12.1 Å². The number of benzene rings is 2. The van der Waals surface area contributed by atoms with Crippen molar-refractivity contribution in [3.63, 3.8) is 0 Å². The normalized spacial score (nSPS) is 18.0. The van der Waals surface area contributed by atoms with Crippen LogP contribution < -0.4 is 10.1 Å². The fourth-order valence-corrected chi connectivity index (χ4v) is 4.19. The monoisotopic (exact) mass is 477 g/mol. The van der Waals surface area contributed by atoms with Crippen molar-refractivity contribution in [2.75, 3.05) is 6.54 Å². The summed E-state index contributed by atoms with van der Waals surface area (Å²) in [6.07, 6.45) is 1.70. The maximum absolute atomic E-state index is 13.8. The SMILES string of the molecule is CC=C1CCC(Oc2ccc3cc(C(NCCC(=O)OC(C)(C)C)C(F)(F)F)ccc3c2)CC1. The van der Waals surface area contributed by atoms with E-state index in [9.17, 15) is 18.0 Å². The van der Waals surface area contributed by atoms with Gasteiger partial charge in [0.15, 0.2) is 0 Å². The molecule has 4 nitrogen and oxygen atoms in total. The van der Waals surface area contributed by atoms with Crippen molar-refractivity contribution in [2.24, 2.45) is 0 Å². The Morgan fingerprint density at radius 2 is 1.74 bits per heavy atom. The van der Waals surface area contributed by atoms with E-state index in [1.165, 1.54) is 17.7 Å². The lowest BCUT2D eigenvalue weighted by Crippen LogP contribution is -2.36. The minimum Gasteiger partial charge on any atom is -0.490 e. The van der Waals surface area contributed by atoms with Gasteiger partial charge in [-0.15, -0.1) is 0 Å². The third-order valence-electron chi connectivity index (χ3n) is 5.88. The summed E-state index contributed by atoms with van der Waals surface area (Å²) >= 11 is 0. The third-order valence-corrected chi connectivity index (χ3v) is 5.88. The van der Waals surface area contributed by atoms with Crippen molar-refractivity contribution < 1.29 is 27.4 Å². The molecular formula is C27H34F3NO3. The molecule has 186 valence electrons. The first-order valence-corrected chi connectivity index (χ1v) is 11.8. The molecule has 0 aromatic heterocycles. The predicted molar refractivity (Wildman–Crippen MR) is 128 cm³/mol. The molecule has 1 saturated carbocycles. The molecule has 34 heavy (non-hydrogen) atoms. The van der Waals surface area contributed by atoms with Crippen molar-refractivity contribution in [1.82, 2.24) is 5.32 Å². The van der Waals surface area contributed by atoms with E-state index >= 15 is 0 Å². The van der Waals surface area contributed by atoms with Crippen LogP contribution in [0.5, 0.6) is 5.75 Å². The predicted octanol–water partition coefficient (Wildman–Crippen LogP) is 7.03. The molecule has 0 amide bonds. The highest BCUT2D eigenvalue weighted by molar-refractivity contribution is 5.84. The van der Waals surface area contributed by atoms with Crippen molar-refractivity contribution in [3.05, 3.63) is 53.6 Å². The Labute approximate surface area is 199 Å². The molecule has 1 N–H and O–H groups in total. The molecular weight excluding hydrogens is 443 g/mol. The first kappa shape index (κ1) is 26.1. The van der Waals surface area contributed by atoms with Gasteiger partial charge in [-0.05, 0) is 87.9 Å². The number of alkyl halides is 3. The number of ether oxygens (including phenoxy) is 2. The minimum atomic E-state index is -4.50. The number of fused-ring (bicyclic) bond motifs is 1. The largest absolute Gasteiger partial charge is 0.490 e. The maximum Gasteiger partial charge on any atom is 0.407 e. The molecule has 0 saturated heterocycles. The number of esters is 1. The van der Waals surface area contributed by atoms with E-state index in [1.807, 2.05) is 12.1 Å². The lowest BCUT2D eigenvalue weighted by atomic mass is 9.92. The topological polar surface area (TPSA) is 47.6 Å². The van der Waals surface area contributed by atoms with Crippen molar-refractivity contribution in [3.8, 4) is 5.75 Å². The molecule has 1 aliphatic carbocycles. The number of hydrogen-bond acceptors (Lipinski definition) is 4. The Hall–Kier alpha value is -2.54. The van der Waals surface area contributed by atoms with E-state index < -0.39 is 23.8 Å². The molecule has 2 aromatic rings. The number of carbonyl (C=O) groups is 1. The second-order valence-corrected chi connectivity index (χ2v) is 9.80. The van der Waals surface area contributed by atoms with Crippen LogP contribution in [0.2, 0.25) is 0 Å². The molecule has 1 fully saturated rings. The van der Waals surface area contributed by atoms with Gasteiger partial charge in [0.25, 0.3) is 0 Å². The van der Waals surface area contributed by atoms with Gasteiger partial charge < -0.3 is 14.8 Å². The van der Waals surface area contributed by atoms with Gasteiger partial charge in [-0.25, -0.2) is 0 Å². The average Bonchev–Trinajstić information content (AvgIpc) is 2.75. The van der Waals surface area contributed by atoms with Gasteiger partial charge in [-0.1, -0.05) is 29.8 Å². The van der Waals surface area contributed by atoms with E-state index in [2.05, 4.69) is 18.3 Å². The summed E-state index contributed by atoms with van der Waals surface area (Å²) in [4.78, 5) is 11.8. The molecule has 1 aliphatic rings. The summed E-state index contributed by atoms with van der Waals surface area (Å²) in [6.45, 7) is 7.08. The summed E-state index contributed by atoms with van der Waals surface area (Å²) < 4.78 is 52.6. The van der Waals surface area contributed by atoms with Crippen LogP contribution >= 0.6 is 0 Å². The number of hydrogen-bond donors (Lipinski definition) is 1. The average molecular weight is 478 g/mol. The number of carbonyl (C=O) groups excluding carboxylic acids is 1. The Bertz CT molecular complexity index is 1010. The van der Waals surface area contributed by atoms with Gasteiger partial charge in [0.05, 0.1) is 12.5 Å². The molecule has 0 radical (unpaired) electrons. The Balaban J connectivity index is 1.68. The van der Waals surface area contributed by atoms with E-state index in [-0.39, 0.29) is 24.6 Å². The van der Waals surface area contributed by atoms with Gasteiger partial charge in [0.1, 0.15) is 17.4 Å². The lowest BCUT2D eigenvalue weighted by molar-refractivity contribution is -0.161. The number of halogens is 3. The Kier molecular flexibility index (Phi) is 8.29. The molecule has 3 rings (SSSR count). The van der Waals surface area contributed by atoms with Gasteiger partial charge in [-0.2, -0.15) is 13.2 Å². The third kappa shape index (κ3) is 7.49. The first-order chi connectivity index (χ1) is 15.9. The standard InChI is InChI=1S/C27H34F3NO3/c1-5-18-6-11-22(12-7-18)33-23-13-10-19-16-21(9-8-20(19)17-23)25(27(28,29)30)31-15-14-24(32)34-26(2,3)4/h5,8-10,13,16-17,22,25,31H,6-7,11-12,14-15H2,1-4H3. The van der Waals surface area contributed by atoms with Crippen molar-refractivity contribution in [1.29, 1.82) is 0 Å². The van der Waals surface area contributed by atoms with Crippen LogP contribution in [0.1, 0.15) is 71.4 Å². The minimum absolute atomic E-state index is 0.101. The summed E-state index contributed by atoms with van der Waals surface area (Å²) in [6, 6.07) is 8.31. The van der Waals surface area contributed by atoms with Gasteiger partial charge in [-0.3, -0.25) is 4.79 Å². The van der Waals surface area contributed by atoms with Crippen LogP contribution in [-0.2, 0) is 9.53 Å². The van der Waals surface area contributed by atoms with E-state index in [0.717, 1.165) is 36.8 Å². The van der Waals surface area contributed by atoms with Crippen LogP contribution in [0.3, 0.4) is 0 Å². The van der Waals surface area contributed by atoms with Crippen LogP contribution in [0, 0.1) is 0 Å². The highest BCUT2D eigenvalue weighted by Crippen LogP contribution is 2.35. The fraction of sp³-hybridized carbons (Fsp3) is 0.519. The zero-order valence-electron chi connectivity index (χ0n) is 20.3. The van der Waals surface area contributed by atoms with Crippen LogP contribution in [0.25, 0.3) is 10.8 Å². The van der Waals surface area contributed by atoms with E-state index in [1.54, 1.807) is 32.9 Å². The number of rotatable bonds is 7. The van der Waals surface area contributed by atoms with E-state index in [4.69, 9.17) is 9.47 Å². The number of allylic oxidation sites excluding steroid dienone is 2. The summed E-state index contributed by atoms with van der Waals surface area (Å²) in [5, 5.41) is 4.00. The van der Waals surface area contributed by atoms with Crippen molar-refractivity contribution in [2.45, 2.75) is 83.7 Å². The zero-order valence-corrected chi connectivity index (χ0v) is 20.3. The van der Waals surface area contributed by atoms with Crippen LogP contribution in [0.15, 0.2) is 48.0 Å². The molecule has 2 aromatic carbocycles. The smallest absolute Gasteiger partial charge is 0.407 e. The summed E-state index contributed by atoms with van der Waals surface area (Å²) in [5.41, 5.74) is 0.891. The van der Waals surface area contributed by atoms with Crippen LogP contribution in [-0.4, -0.2) is 30.4 Å². The molecule has 0 spiro atoms. The molecule has 1 atom stereocenters. The maximum atomic E-state index is 13.8.